The molecule has 1 atom stereocenters. The molecule has 1 aliphatic rings. The summed E-state index contributed by atoms with van der Waals surface area (Å²) in [5.41, 5.74) is 1.99. The number of hydrogen-bond donors (Lipinski definition) is 1. The maximum Gasteiger partial charge on any atom is 0.435 e. The highest BCUT2D eigenvalue weighted by atomic mass is 19.4. The fourth-order valence-electron chi connectivity index (χ4n) is 4.63. The van der Waals surface area contributed by atoms with Gasteiger partial charge in [-0.15, -0.1) is 0 Å². The van der Waals surface area contributed by atoms with E-state index in [0.29, 0.717) is 35.6 Å². The summed E-state index contributed by atoms with van der Waals surface area (Å²) in [4.78, 5) is 17.9. The molecule has 1 aliphatic heterocycles. The second kappa shape index (κ2) is 7.19. The van der Waals surface area contributed by atoms with Crippen LogP contribution in [0.5, 0.6) is 0 Å². The second-order valence-corrected chi connectivity index (χ2v) is 8.16. The number of H-pyrrole nitrogens is 1. The van der Waals surface area contributed by atoms with Gasteiger partial charge in [-0.05, 0) is 31.5 Å². The van der Waals surface area contributed by atoms with E-state index < -0.39 is 23.7 Å². The smallest absolute Gasteiger partial charge is 0.360 e. The summed E-state index contributed by atoms with van der Waals surface area (Å²) < 4.78 is 56.6. The average Bonchev–Trinajstić information content (AvgIpc) is 3.43. The molecule has 11 heteroatoms. The van der Waals surface area contributed by atoms with Crippen LogP contribution >= 0.6 is 0 Å². The normalized spacial score (nSPS) is 16.5. The lowest BCUT2D eigenvalue weighted by Crippen LogP contribution is -2.38. The van der Waals surface area contributed by atoms with Crippen molar-refractivity contribution in [1.82, 2.24) is 29.4 Å². The molecule has 0 fully saturated rings. The first-order valence-corrected chi connectivity index (χ1v) is 10.3. The number of benzene rings is 1. The lowest BCUT2D eigenvalue weighted by Gasteiger charge is -2.32. The summed E-state index contributed by atoms with van der Waals surface area (Å²) in [5.74, 6) is -0.823. The van der Waals surface area contributed by atoms with Gasteiger partial charge in [0.25, 0.3) is 5.91 Å². The molecular weight excluding hydrogens is 440 g/mol. The monoisotopic (exact) mass is 460 g/mol. The van der Waals surface area contributed by atoms with Crippen LogP contribution in [0.25, 0.3) is 22.3 Å². The molecule has 5 rings (SSSR count). The van der Waals surface area contributed by atoms with Crippen molar-refractivity contribution < 1.29 is 22.4 Å². The number of alkyl halides is 3. The third-order valence-corrected chi connectivity index (χ3v) is 6.20. The van der Waals surface area contributed by atoms with Crippen LogP contribution in [0.3, 0.4) is 0 Å². The molecular formula is C22H20F4N6O. The number of aryl methyl sites for hydroxylation is 2. The molecule has 4 aromatic rings. The van der Waals surface area contributed by atoms with Crippen molar-refractivity contribution in [2.75, 3.05) is 6.54 Å². The van der Waals surface area contributed by atoms with Crippen molar-refractivity contribution in [3.05, 3.63) is 58.8 Å². The molecule has 0 unspecified atom stereocenters. The zero-order valence-electron chi connectivity index (χ0n) is 18.0. The quantitative estimate of drug-likeness (QED) is 0.456. The molecule has 0 saturated heterocycles. The zero-order valence-corrected chi connectivity index (χ0v) is 18.0. The Hall–Kier alpha value is -3.63. The minimum atomic E-state index is -4.56. The van der Waals surface area contributed by atoms with Crippen molar-refractivity contribution in [3.8, 4) is 11.4 Å². The van der Waals surface area contributed by atoms with Crippen LogP contribution < -0.4 is 0 Å². The number of hydrogen-bond acceptors (Lipinski definition) is 3. The van der Waals surface area contributed by atoms with Gasteiger partial charge in [-0.2, -0.15) is 23.4 Å². The van der Waals surface area contributed by atoms with Crippen LogP contribution in [0, 0.1) is 5.82 Å². The van der Waals surface area contributed by atoms with E-state index in [4.69, 9.17) is 0 Å². The number of aromatic nitrogens is 5. The zero-order chi connectivity index (χ0) is 23.7. The van der Waals surface area contributed by atoms with Crippen LogP contribution in [0.2, 0.25) is 0 Å². The molecule has 0 radical (unpaired) electrons. The Kier molecular flexibility index (Phi) is 4.62. The number of nitrogens with one attached hydrogen (secondary N) is 1. The topological polar surface area (TPSA) is 71.7 Å². The largest absolute Gasteiger partial charge is 0.435 e. The Bertz CT molecular complexity index is 1400. The average molecular weight is 460 g/mol. The molecule has 7 nitrogen and oxygen atoms in total. The maximum absolute atomic E-state index is 14.4. The first-order chi connectivity index (χ1) is 15.6. The molecule has 4 heterocycles. The van der Waals surface area contributed by atoms with Crippen molar-refractivity contribution in [2.45, 2.75) is 25.6 Å². The van der Waals surface area contributed by atoms with E-state index in [1.165, 1.54) is 28.7 Å². The Labute approximate surface area is 185 Å². The number of nitrogens with zero attached hydrogens (tertiary/aromatic N) is 5. The number of aromatic amines is 1. The highest BCUT2D eigenvalue weighted by Crippen LogP contribution is 2.38. The van der Waals surface area contributed by atoms with E-state index in [1.54, 1.807) is 24.1 Å². The Morgan fingerprint density at radius 1 is 1.18 bits per heavy atom. The van der Waals surface area contributed by atoms with Gasteiger partial charge in [-0.1, -0.05) is 6.07 Å². The summed E-state index contributed by atoms with van der Waals surface area (Å²) in [6, 6.07) is 5.12. The van der Waals surface area contributed by atoms with Gasteiger partial charge < -0.3 is 9.88 Å². The van der Waals surface area contributed by atoms with Gasteiger partial charge in [0.15, 0.2) is 5.69 Å². The van der Waals surface area contributed by atoms with Crippen LogP contribution in [0.15, 0.2) is 30.5 Å². The van der Waals surface area contributed by atoms with Gasteiger partial charge in [0.05, 0.1) is 28.7 Å². The molecule has 33 heavy (non-hydrogen) atoms. The Morgan fingerprint density at radius 2 is 1.94 bits per heavy atom. The van der Waals surface area contributed by atoms with Gasteiger partial charge in [0.1, 0.15) is 5.82 Å². The Morgan fingerprint density at radius 3 is 2.64 bits per heavy atom. The van der Waals surface area contributed by atoms with Gasteiger partial charge in [-0.3, -0.25) is 14.2 Å². The van der Waals surface area contributed by atoms with Crippen molar-refractivity contribution >= 4 is 16.8 Å². The number of carbonyl (C=O) groups is 1. The minimum absolute atomic E-state index is 0.232. The number of carbonyl (C=O) groups excluding carboxylic acids is 1. The van der Waals surface area contributed by atoms with E-state index in [0.717, 1.165) is 11.6 Å². The molecule has 172 valence electrons. The third-order valence-electron chi connectivity index (χ3n) is 6.20. The highest BCUT2D eigenvalue weighted by molar-refractivity contribution is 6.07. The molecule has 1 amide bonds. The number of rotatable bonds is 2. The van der Waals surface area contributed by atoms with Gasteiger partial charge in [0.2, 0.25) is 0 Å². The molecule has 0 aliphatic carbocycles. The van der Waals surface area contributed by atoms with Crippen molar-refractivity contribution in [2.24, 2.45) is 14.1 Å². The van der Waals surface area contributed by atoms with Crippen LogP contribution in [-0.2, 0) is 26.7 Å². The third kappa shape index (κ3) is 3.21. The number of fused-ring (bicyclic) bond motifs is 2. The molecule has 1 aromatic carbocycles. The summed E-state index contributed by atoms with van der Waals surface area (Å²) in [7, 11) is 3.11. The highest BCUT2D eigenvalue weighted by Gasteiger charge is 2.38. The SMILES string of the molecule is C[C@H]1c2nn(C)c(-c3cc(C(F)(F)F)nn3C)c2CCN1C(=O)c1c[nH]c2cccc(F)c12. The van der Waals surface area contributed by atoms with E-state index in [9.17, 15) is 22.4 Å². The van der Waals surface area contributed by atoms with E-state index in [-0.39, 0.29) is 16.9 Å². The van der Waals surface area contributed by atoms with Crippen LogP contribution in [0.1, 0.15) is 40.3 Å². The van der Waals surface area contributed by atoms with Crippen LogP contribution in [-0.4, -0.2) is 41.9 Å². The first-order valence-electron chi connectivity index (χ1n) is 10.3. The first kappa shape index (κ1) is 21.2. The fourth-order valence-corrected chi connectivity index (χ4v) is 4.63. The summed E-state index contributed by atoms with van der Waals surface area (Å²) in [6.07, 6.45) is -2.66. The fraction of sp³-hybridized carbons (Fsp3) is 0.318. The van der Waals surface area contributed by atoms with E-state index >= 15 is 0 Å². The predicted molar refractivity (Wildman–Crippen MR) is 112 cm³/mol. The van der Waals surface area contributed by atoms with E-state index in [2.05, 4.69) is 15.2 Å². The minimum Gasteiger partial charge on any atom is -0.360 e. The predicted octanol–water partition coefficient (Wildman–Crippen LogP) is 4.22. The lowest BCUT2D eigenvalue weighted by atomic mass is 9.96. The number of amides is 1. The van der Waals surface area contributed by atoms with Crippen molar-refractivity contribution in [3.63, 3.8) is 0 Å². The van der Waals surface area contributed by atoms with Crippen LogP contribution in [0.4, 0.5) is 17.6 Å². The van der Waals surface area contributed by atoms with Gasteiger partial charge in [-0.25, -0.2) is 4.39 Å². The summed E-state index contributed by atoms with van der Waals surface area (Å²) in [6.45, 7) is 2.12. The van der Waals surface area contributed by atoms with E-state index in [1.807, 2.05) is 6.92 Å². The summed E-state index contributed by atoms with van der Waals surface area (Å²) >= 11 is 0. The lowest BCUT2D eigenvalue weighted by molar-refractivity contribution is -0.141. The Balaban J connectivity index is 1.53. The standard InChI is InChI=1S/C22H20F4N6O/c1-11-19-12(20(31(3)29-19)16-9-17(22(24,25)26)28-30(16)2)7-8-32(11)21(33)13-10-27-15-6-4-5-14(23)18(13)15/h4-6,9-11,27H,7-8H2,1-3H3/t11-/m0/s1. The molecule has 0 spiro atoms. The molecule has 0 saturated carbocycles. The second-order valence-electron chi connectivity index (χ2n) is 8.16. The number of halogens is 4. The molecule has 3 aromatic heterocycles. The molecule has 1 N–H and O–H groups in total. The van der Waals surface area contributed by atoms with Gasteiger partial charge >= 0.3 is 6.18 Å². The maximum atomic E-state index is 14.4. The van der Waals surface area contributed by atoms with Crippen molar-refractivity contribution in [1.29, 1.82) is 0 Å². The summed E-state index contributed by atoms with van der Waals surface area (Å²) in [5, 5.41) is 8.37. The molecule has 0 bridgehead atoms. The van der Waals surface area contributed by atoms with Gasteiger partial charge in [0, 0.05) is 43.3 Å².